The predicted octanol–water partition coefficient (Wildman–Crippen LogP) is 1.85. The van der Waals surface area contributed by atoms with Crippen LogP contribution in [0.5, 0.6) is 5.75 Å². The molecule has 106 valence electrons. The van der Waals surface area contributed by atoms with E-state index in [4.69, 9.17) is 4.74 Å². The molecule has 0 atom stereocenters. The zero-order valence-electron chi connectivity index (χ0n) is 10.8. The molecule has 6 heteroatoms. The van der Waals surface area contributed by atoms with Crippen LogP contribution in [-0.4, -0.2) is 44.1 Å². The van der Waals surface area contributed by atoms with Crippen molar-refractivity contribution in [3.8, 4) is 5.75 Å². The van der Waals surface area contributed by atoms with Crippen molar-refractivity contribution in [1.82, 2.24) is 10.2 Å². The summed E-state index contributed by atoms with van der Waals surface area (Å²) in [5.74, 6) is 0.951. The number of carbonyl (C=O) groups is 1. The van der Waals surface area contributed by atoms with Gasteiger partial charge in [0.25, 0.3) is 0 Å². The molecule has 19 heavy (non-hydrogen) atoms. The molecule has 1 aliphatic heterocycles. The lowest BCUT2D eigenvalue weighted by Gasteiger charge is -2.27. The fraction of sp³-hybridized carbons (Fsp3) is 0.462. The first-order valence-electron chi connectivity index (χ1n) is 6.01. The molecule has 0 saturated carbocycles. The fourth-order valence-corrected chi connectivity index (χ4v) is 2.39. The van der Waals surface area contributed by atoms with Gasteiger partial charge in [-0.05, 0) is 23.8 Å². The Hall–Kier alpha value is -0.780. The van der Waals surface area contributed by atoms with Crippen LogP contribution in [0.2, 0.25) is 0 Å². The number of rotatable bonds is 3. The number of carbonyl (C=O) groups excluding carboxylic acids is 1. The van der Waals surface area contributed by atoms with Crippen LogP contribution in [0, 0.1) is 0 Å². The van der Waals surface area contributed by atoms with Gasteiger partial charge in [0.05, 0.1) is 13.5 Å². The number of ether oxygens (including phenoxy) is 1. The molecule has 0 aromatic heterocycles. The molecule has 1 amide bonds. The summed E-state index contributed by atoms with van der Waals surface area (Å²) < 4.78 is 6.13. The summed E-state index contributed by atoms with van der Waals surface area (Å²) in [6.45, 7) is 3.34. The van der Waals surface area contributed by atoms with Crippen LogP contribution in [0.1, 0.15) is 5.56 Å². The smallest absolute Gasteiger partial charge is 0.227 e. The third-order valence-corrected chi connectivity index (χ3v) is 3.84. The van der Waals surface area contributed by atoms with E-state index in [0.717, 1.165) is 42.0 Å². The maximum Gasteiger partial charge on any atom is 0.227 e. The van der Waals surface area contributed by atoms with Crippen LogP contribution in [-0.2, 0) is 11.2 Å². The topological polar surface area (TPSA) is 41.6 Å². The van der Waals surface area contributed by atoms with Crippen molar-refractivity contribution in [3.05, 3.63) is 28.2 Å². The van der Waals surface area contributed by atoms with E-state index >= 15 is 0 Å². The normalized spacial score (nSPS) is 14.7. The summed E-state index contributed by atoms with van der Waals surface area (Å²) in [6, 6.07) is 5.70. The van der Waals surface area contributed by atoms with Crippen LogP contribution >= 0.6 is 28.3 Å². The van der Waals surface area contributed by atoms with Gasteiger partial charge < -0.3 is 15.0 Å². The quantitative estimate of drug-likeness (QED) is 0.905. The lowest BCUT2D eigenvalue weighted by molar-refractivity contribution is -0.131. The second-order valence-electron chi connectivity index (χ2n) is 4.26. The molecular weight excluding hydrogens is 332 g/mol. The molecule has 0 aliphatic carbocycles. The number of halogens is 2. The van der Waals surface area contributed by atoms with Crippen molar-refractivity contribution in [2.24, 2.45) is 0 Å². The van der Waals surface area contributed by atoms with E-state index in [9.17, 15) is 4.79 Å². The SMILES string of the molecule is COc1ccc(Br)c(CC(=O)N2CCNCC2)c1.Cl. The molecule has 0 radical (unpaired) electrons. The van der Waals surface area contributed by atoms with Crippen molar-refractivity contribution in [3.63, 3.8) is 0 Å². The van der Waals surface area contributed by atoms with Crippen LogP contribution in [0.25, 0.3) is 0 Å². The molecule has 1 aromatic carbocycles. The number of hydrogen-bond donors (Lipinski definition) is 1. The largest absolute Gasteiger partial charge is 0.497 e. The first-order chi connectivity index (χ1) is 8.70. The van der Waals surface area contributed by atoms with Gasteiger partial charge in [-0.2, -0.15) is 0 Å². The van der Waals surface area contributed by atoms with Crippen molar-refractivity contribution in [1.29, 1.82) is 0 Å². The van der Waals surface area contributed by atoms with Crippen molar-refractivity contribution >= 4 is 34.2 Å². The number of benzene rings is 1. The molecule has 0 unspecified atom stereocenters. The average Bonchev–Trinajstić information content (AvgIpc) is 2.42. The Bertz CT molecular complexity index is 437. The number of nitrogens with one attached hydrogen (secondary N) is 1. The third kappa shape index (κ3) is 4.37. The zero-order valence-corrected chi connectivity index (χ0v) is 13.2. The molecule has 1 N–H and O–H groups in total. The second-order valence-corrected chi connectivity index (χ2v) is 5.12. The third-order valence-electron chi connectivity index (χ3n) is 3.06. The van der Waals surface area contributed by atoms with Crippen molar-refractivity contribution in [2.75, 3.05) is 33.3 Å². The van der Waals surface area contributed by atoms with Gasteiger partial charge in [0.1, 0.15) is 5.75 Å². The van der Waals surface area contributed by atoms with Crippen molar-refractivity contribution in [2.45, 2.75) is 6.42 Å². The summed E-state index contributed by atoms with van der Waals surface area (Å²) in [6.07, 6.45) is 0.414. The number of nitrogens with zero attached hydrogens (tertiary/aromatic N) is 1. The van der Waals surface area contributed by atoms with E-state index in [2.05, 4.69) is 21.2 Å². The average molecular weight is 350 g/mol. The summed E-state index contributed by atoms with van der Waals surface area (Å²) in [5, 5.41) is 3.24. The van der Waals surface area contributed by atoms with Gasteiger partial charge in [0.2, 0.25) is 5.91 Å². The van der Waals surface area contributed by atoms with Gasteiger partial charge in [-0.3, -0.25) is 4.79 Å². The first-order valence-corrected chi connectivity index (χ1v) is 6.81. The highest BCUT2D eigenvalue weighted by Crippen LogP contribution is 2.23. The Morgan fingerprint density at radius 1 is 1.42 bits per heavy atom. The summed E-state index contributed by atoms with van der Waals surface area (Å²) in [5.41, 5.74) is 0.970. The molecule has 0 bridgehead atoms. The Labute approximate surface area is 128 Å². The molecule has 0 spiro atoms. The first kappa shape index (κ1) is 16.3. The van der Waals surface area contributed by atoms with E-state index in [-0.39, 0.29) is 18.3 Å². The number of amides is 1. The molecule has 1 saturated heterocycles. The summed E-state index contributed by atoms with van der Waals surface area (Å²) >= 11 is 3.47. The van der Waals surface area contributed by atoms with E-state index in [1.807, 2.05) is 23.1 Å². The van der Waals surface area contributed by atoms with Crippen LogP contribution in [0.4, 0.5) is 0 Å². The second kappa shape index (κ2) is 7.72. The lowest BCUT2D eigenvalue weighted by atomic mass is 10.1. The van der Waals surface area contributed by atoms with Crippen LogP contribution in [0.3, 0.4) is 0 Å². The molecule has 1 aromatic rings. The molecular formula is C13H18BrClN2O2. The minimum atomic E-state index is 0. The molecule has 1 fully saturated rings. The number of hydrogen-bond acceptors (Lipinski definition) is 3. The summed E-state index contributed by atoms with van der Waals surface area (Å²) in [4.78, 5) is 14.1. The van der Waals surface area contributed by atoms with Crippen LogP contribution in [0.15, 0.2) is 22.7 Å². The van der Waals surface area contributed by atoms with Gasteiger partial charge in [-0.15, -0.1) is 12.4 Å². The van der Waals surface area contributed by atoms with Crippen molar-refractivity contribution < 1.29 is 9.53 Å². The standard InChI is InChI=1S/C13H17BrN2O2.ClH/c1-18-11-2-3-12(14)10(8-11)9-13(17)16-6-4-15-5-7-16;/h2-3,8,15H,4-7,9H2,1H3;1H. The van der Waals surface area contributed by atoms with Gasteiger partial charge >= 0.3 is 0 Å². The fourth-order valence-electron chi connectivity index (χ4n) is 2.00. The van der Waals surface area contributed by atoms with Gasteiger partial charge in [-0.1, -0.05) is 15.9 Å². The molecule has 4 nitrogen and oxygen atoms in total. The van der Waals surface area contributed by atoms with E-state index < -0.39 is 0 Å². The highest BCUT2D eigenvalue weighted by molar-refractivity contribution is 9.10. The summed E-state index contributed by atoms with van der Waals surface area (Å²) in [7, 11) is 1.63. The number of methoxy groups -OCH3 is 1. The Morgan fingerprint density at radius 2 is 2.11 bits per heavy atom. The Balaban J connectivity index is 0.00000180. The molecule has 1 heterocycles. The maximum atomic E-state index is 12.2. The Kier molecular flexibility index (Phi) is 6.62. The van der Waals surface area contributed by atoms with Gasteiger partial charge in [-0.25, -0.2) is 0 Å². The maximum absolute atomic E-state index is 12.2. The van der Waals surface area contributed by atoms with E-state index in [1.54, 1.807) is 7.11 Å². The van der Waals surface area contributed by atoms with E-state index in [0.29, 0.717) is 6.42 Å². The highest BCUT2D eigenvalue weighted by Gasteiger charge is 2.17. The predicted molar refractivity (Wildman–Crippen MR) is 81.1 cm³/mol. The monoisotopic (exact) mass is 348 g/mol. The lowest BCUT2D eigenvalue weighted by Crippen LogP contribution is -2.46. The zero-order chi connectivity index (χ0) is 13.0. The van der Waals surface area contributed by atoms with Gasteiger partial charge in [0, 0.05) is 30.7 Å². The molecule has 1 aliphatic rings. The highest BCUT2D eigenvalue weighted by atomic mass is 79.9. The molecule has 2 rings (SSSR count). The Morgan fingerprint density at radius 3 is 2.74 bits per heavy atom. The van der Waals surface area contributed by atoms with Gasteiger partial charge in [0.15, 0.2) is 0 Å². The minimum absolute atomic E-state index is 0. The number of piperazine rings is 1. The van der Waals surface area contributed by atoms with Crippen LogP contribution < -0.4 is 10.1 Å². The minimum Gasteiger partial charge on any atom is -0.497 e. The van der Waals surface area contributed by atoms with E-state index in [1.165, 1.54) is 0 Å².